The zero-order valence-electron chi connectivity index (χ0n) is 15.5. The topological polar surface area (TPSA) is 71.3 Å². The molecule has 0 saturated heterocycles. The Bertz CT molecular complexity index is 884. The molecule has 2 aromatic rings. The first kappa shape index (κ1) is 20.3. The van der Waals surface area contributed by atoms with E-state index in [0.29, 0.717) is 34.4 Å². The lowest BCUT2D eigenvalue weighted by atomic mass is 10.1. The Morgan fingerprint density at radius 1 is 1.22 bits per heavy atom. The van der Waals surface area contributed by atoms with Crippen LogP contribution in [0.15, 0.2) is 42.0 Å². The first-order valence-electron chi connectivity index (χ1n) is 8.54. The Labute approximate surface area is 164 Å². The molecule has 2 rings (SSSR count). The third kappa shape index (κ3) is 5.25. The fraction of sp³-hybridized carbons (Fsp3) is 0.238. The number of hydrogen-bond donors (Lipinski definition) is 1. The zero-order chi connectivity index (χ0) is 19.8. The maximum Gasteiger partial charge on any atom is 0.266 e. The van der Waals surface area contributed by atoms with E-state index >= 15 is 0 Å². The predicted octanol–water partition coefficient (Wildman–Crippen LogP) is 4.86. The maximum atomic E-state index is 12.4. The van der Waals surface area contributed by atoms with E-state index in [1.54, 1.807) is 24.3 Å². The standard InChI is InChI=1S/C21H21ClN2O3/c1-4-14-6-8-17(9-7-14)24-21(25)16(13-23)10-15-11-19(26-3)20(27-5-2)12-18(15)22/h6-12H,4-5H2,1-3H3,(H,24,25)/b16-10+. The van der Waals surface area contributed by atoms with Crippen LogP contribution in [0.25, 0.3) is 6.08 Å². The van der Waals surface area contributed by atoms with Gasteiger partial charge < -0.3 is 14.8 Å². The van der Waals surface area contributed by atoms with Crippen LogP contribution in [0.1, 0.15) is 25.0 Å². The van der Waals surface area contributed by atoms with E-state index in [4.69, 9.17) is 21.1 Å². The number of nitriles is 1. The van der Waals surface area contributed by atoms with Crippen molar-refractivity contribution in [2.24, 2.45) is 0 Å². The second-order valence-electron chi connectivity index (χ2n) is 5.63. The van der Waals surface area contributed by atoms with E-state index in [1.807, 2.05) is 25.1 Å². The number of benzene rings is 2. The number of anilines is 1. The minimum absolute atomic E-state index is 0.0670. The molecule has 1 N–H and O–H groups in total. The summed E-state index contributed by atoms with van der Waals surface area (Å²) in [4.78, 5) is 12.4. The summed E-state index contributed by atoms with van der Waals surface area (Å²) < 4.78 is 10.8. The minimum Gasteiger partial charge on any atom is -0.493 e. The van der Waals surface area contributed by atoms with Crippen LogP contribution in [-0.4, -0.2) is 19.6 Å². The Hall–Kier alpha value is -2.97. The van der Waals surface area contributed by atoms with Gasteiger partial charge in [-0.05, 0) is 48.7 Å². The molecular formula is C21H21ClN2O3. The molecule has 0 aliphatic rings. The van der Waals surface area contributed by atoms with Crippen molar-refractivity contribution >= 4 is 29.3 Å². The quantitative estimate of drug-likeness (QED) is 0.546. The second kappa shape index (κ2) is 9.65. The predicted molar refractivity (Wildman–Crippen MR) is 107 cm³/mol. The molecule has 0 fully saturated rings. The van der Waals surface area contributed by atoms with Crippen molar-refractivity contribution in [3.05, 3.63) is 58.1 Å². The summed E-state index contributed by atoms with van der Waals surface area (Å²) in [6.45, 7) is 4.37. The van der Waals surface area contributed by atoms with Crippen molar-refractivity contribution in [3.63, 3.8) is 0 Å². The summed E-state index contributed by atoms with van der Waals surface area (Å²) in [5.74, 6) is 0.465. The molecule has 6 heteroatoms. The van der Waals surface area contributed by atoms with Crippen LogP contribution in [0, 0.1) is 11.3 Å². The Morgan fingerprint density at radius 2 is 1.93 bits per heavy atom. The van der Waals surface area contributed by atoms with E-state index in [0.717, 1.165) is 12.0 Å². The molecule has 0 atom stereocenters. The zero-order valence-corrected chi connectivity index (χ0v) is 16.3. The summed E-state index contributed by atoms with van der Waals surface area (Å²) in [6, 6.07) is 12.6. The van der Waals surface area contributed by atoms with Gasteiger partial charge in [-0.25, -0.2) is 0 Å². The van der Waals surface area contributed by atoms with Gasteiger partial charge in [-0.1, -0.05) is 30.7 Å². The van der Waals surface area contributed by atoms with E-state index in [-0.39, 0.29) is 5.57 Å². The fourth-order valence-electron chi connectivity index (χ4n) is 2.42. The highest BCUT2D eigenvalue weighted by molar-refractivity contribution is 6.32. The van der Waals surface area contributed by atoms with Crippen LogP contribution in [-0.2, 0) is 11.2 Å². The summed E-state index contributed by atoms with van der Waals surface area (Å²) >= 11 is 6.27. The first-order chi connectivity index (χ1) is 13.0. The number of aryl methyl sites for hydroxylation is 1. The van der Waals surface area contributed by atoms with Gasteiger partial charge in [-0.3, -0.25) is 4.79 Å². The van der Waals surface area contributed by atoms with Gasteiger partial charge >= 0.3 is 0 Å². The van der Waals surface area contributed by atoms with Gasteiger partial charge in [-0.2, -0.15) is 5.26 Å². The molecule has 0 spiro atoms. The van der Waals surface area contributed by atoms with Crippen LogP contribution in [0.3, 0.4) is 0 Å². The van der Waals surface area contributed by atoms with Crippen LogP contribution < -0.4 is 14.8 Å². The van der Waals surface area contributed by atoms with Gasteiger partial charge in [0.1, 0.15) is 11.6 Å². The lowest BCUT2D eigenvalue weighted by Gasteiger charge is -2.11. The number of carbonyl (C=O) groups excluding carboxylic acids is 1. The maximum absolute atomic E-state index is 12.4. The van der Waals surface area contributed by atoms with Gasteiger partial charge in [0.2, 0.25) is 0 Å². The average molecular weight is 385 g/mol. The molecule has 0 aliphatic carbocycles. The third-order valence-electron chi connectivity index (χ3n) is 3.87. The molecule has 5 nitrogen and oxygen atoms in total. The van der Waals surface area contributed by atoms with Crippen molar-refractivity contribution in [2.75, 3.05) is 19.0 Å². The highest BCUT2D eigenvalue weighted by Gasteiger charge is 2.14. The Balaban J connectivity index is 2.28. The number of methoxy groups -OCH3 is 1. The number of carbonyl (C=O) groups is 1. The van der Waals surface area contributed by atoms with E-state index < -0.39 is 5.91 Å². The largest absolute Gasteiger partial charge is 0.493 e. The normalized spacial score (nSPS) is 10.9. The highest BCUT2D eigenvalue weighted by Crippen LogP contribution is 2.34. The summed E-state index contributed by atoms with van der Waals surface area (Å²) in [6.07, 6.45) is 2.34. The van der Waals surface area contributed by atoms with Crippen LogP contribution in [0.2, 0.25) is 5.02 Å². The SMILES string of the molecule is CCOc1cc(Cl)c(/C=C(\C#N)C(=O)Nc2ccc(CC)cc2)cc1OC. The van der Waals surface area contributed by atoms with Crippen molar-refractivity contribution < 1.29 is 14.3 Å². The molecule has 1 amide bonds. The molecule has 0 unspecified atom stereocenters. The number of amides is 1. The molecular weight excluding hydrogens is 364 g/mol. The lowest BCUT2D eigenvalue weighted by Crippen LogP contribution is -2.13. The number of halogens is 1. The van der Waals surface area contributed by atoms with E-state index in [2.05, 4.69) is 12.2 Å². The van der Waals surface area contributed by atoms with Gasteiger partial charge in [-0.15, -0.1) is 0 Å². The van der Waals surface area contributed by atoms with Crippen LogP contribution >= 0.6 is 11.6 Å². The van der Waals surface area contributed by atoms with E-state index in [1.165, 1.54) is 13.2 Å². The van der Waals surface area contributed by atoms with Crippen molar-refractivity contribution in [3.8, 4) is 17.6 Å². The summed E-state index contributed by atoms with van der Waals surface area (Å²) in [5.41, 5.74) is 2.21. The number of rotatable bonds is 7. The van der Waals surface area contributed by atoms with Gasteiger partial charge in [0.25, 0.3) is 5.91 Å². The molecule has 0 aromatic heterocycles. The molecule has 2 aromatic carbocycles. The van der Waals surface area contributed by atoms with Crippen molar-refractivity contribution in [1.29, 1.82) is 5.26 Å². The second-order valence-corrected chi connectivity index (χ2v) is 6.04. The van der Waals surface area contributed by atoms with Gasteiger partial charge in [0, 0.05) is 11.8 Å². The summed E-state index contributed by atoms with van der Waals surface area (Å²) in [7, 11) is 1.51. The molecule has 0 bridgehead atoms. The van der Waals surface area contributed by atoms with Crippen LogP contribution in [0.5, 0.6) is 11.5 Å². The average Bonchev–Trinajstić information content (AvgIpc) is 2.68. The number of ether oxygens (including phenoxy) is 2. The molecule has 27 heavy (non-hydrogen) atoms. The third-order valence-corrected chi connectivity index (χ3v) is 4.20. The lowest BCUT2D eigenvalue weighted by molar-refractivity contribution is -0.112. The highest BCUT2D eigenvalue weighted by atomic mass is 35.5. The van der Waals surface area contributed by atoms with Crippen molar-refractivity contribution in [1.82, 2.24) is 0 Å². The Kier molecular flexibility index (Phi) is 7.27. The van der Waals surface area contributed by atoms with Gasteiger partial charge in [0.15, 0.2) is 11.5 Å². The molecule has 140 valence electrons. The molecule has 0 heterocycles. The van der Waals surface area contributed by atoms with Gasteiger partial charge in [0.05, 0.1) is 18.7 Å². The summed E-state index contributed by atoms with van der Waals surface area (Å²) in [5, 5.41) is 12.5. The van der Waals surface area contributed by atoms with E-state index in [9.17, 15) is 10.1 Å². The van der Waals surface area contributed by atoms with Crippen LogP contribution in [0.4, 0.5) is 5.69 Å². The minimum atomic E-state index is -0.509. The number of nitrogens with zero attached hydrogens (tertiary/aromatic N) is 1. The smallest absolute Gasteiger partial charge is 0.266 e. The monoisotopic (exact) mass is 384 g/mol. The molecule has 0 saturated carbocycles. The number of hydrogen-bond acceptors (Lipinski definition) is 4. The fourth-order valence-corrected chi connectivity index (χ4v) is 2.62. The number of nitrogens with one attached hydrogen (secondary N) is 1. The molecule has 0 aliphatic heterocycles. The Morgan fingerprint density at radius 3 is 2.48 bits per heavy atom. The molecule has 0 radical (unpaired) electrons. The van der Waals surface area contributed by atoms with Crippen molar-refractivity contribution in [2.45, 2.75) is 20.3 Å². The first-order valence-corrected chi connectivity index (χ1v) is 8.92.